The van der Waals surface area contributed by atoms with E-state index in [-0.39, 0.29) is 16.5 Å². The molecular formula is C36H32O6. The first kappa shape index (κ1) is 26.3. The van der Waals surface area contributed by atoms with Crippen LogP contribution in [0.2, 0.25) is 0 Å². The normalized spacial score (nSPS) is 23.3. The number of hydrogen-bond acceptors (Lipinski definition) is 4. The largest absolute Gasteiger partial charge is 0.478 e. The van der Waals surface area contributed by atoms with Crippen LogP contribution < -0.4 is 9.47 Å². The van der Waals surface area contributed by atoms with E-state index >= 15 is 0 Å². The van der Waals surface area contributed by atoms with Gasteiger partial charge in [-0.25, -0.2) is 9.59 Å². The molecule has 4 bridgehead atoms. The second kappa shape index (κ2) is 10.4. The smallest absolute Gasteiger partial charge is 0.335 e. The molecule has 4 fully saturated rings. The second-order valence-corrected chi connectivity index (χ2v) is 12.1. The Morgan fingerprint density at radius 2 is 0.810 bits per heavy atom. The molecular weight excluding hydrogens is 528 g/mol. The Labute approximate surface area is 244 Å². The van der Waals surface area contributed by atoms with Crippen LogP contribution in [0.1, 0.15) is 63.9 Å². The Hall–Kier alpha value is -4.58. The highest BCUT2D eigenvalue weighted by atomic mass is 16.5. The molecule has 0 aromatic heterocycles. The van der Waals surface area contributed by atoms with Crippen molar-refractivity contribution in [3.8, 4) is 23.0 Å². The van der Waals surface area contributed by atoms with E-state index in [1.807, 2.05) is 24.3 Å². The quantitative estimate of drug-likeness (QED) is 0.225. The molecule has 4 aromatic rings. The Kier molecular flexibility index (Phi) is 6.49. The maximum Gasteiger partial charge on any atom is 0.335 e. The zero-order valence-electron chi connectivity index (χ0n) is 23.1. The highest BCUT2D eigenvalue weighted by Crippen LogP contribution is 2.65. The SMILES string of the molecule is O=C(O)c1ccc(Oc2ccc(C3(c4ccc(Oc5ccc(C(=O)O)cc5)cc4)C4CC5CC(C4)CC3C5)cc2)cc1. The van der Waals surface area contributed by atoms with Gasteiger partial charge in [0.2, 0.25) is 0 Å². The van der Waals surface area contributed by atoms with E-state index in [9.17, 15) is 9.59 Å². The lowest BCUT2D eigenvalue weighted by molar-refractivity contribution is -0.0418. The van der Waals surface area contributed by atoms with Crippen LogP contribution in [-0.4, -0.2) is 22.2 Å². The molecule has 0 saturated heterocycles. The summed E-state index contributed by atoms with van der Waals surface area (Å²) >= 11 is 0. The van der Waals surface area contributed by atoms with Crippen LogP contribution in [0.25, 0.3) is 0 Å². The van der Waals surface area contributed by atoms with Gasteiger partial charge in [-0.15, -0.1) is 0 Å². The van der Waals surface area contributed by atoms with Crippen LogP contribution in [0.15, 0.2) is 97.1 Å². The van der Waals surface area contributed by atoms with Crippen molar-refractivity contribution in [3.63, 3.8) is 0 Å². The molecule has 6 nitrogen and oxygen atoms in total. The number of aromatic carboxylic acids is 2. The van der Waals surface area contributed by atoms with Gasteiger partial charge in [-0.1, -0.05) is 24.3 Å². The zero-order valence-corrected chi connectivity index (χ0v) is 23.1. The van der Waals surface area contributed by atoms with Crippen LogP contribution in [0.3, 0.4) is 0 Å². The first-order valence-electron chi connectivity index (χ1n) is 14.6. The van der Waals surface area contributed by atoms with Crippen molar-refractivity contribution >= 4 is 11.9 Å². The minimum atomic E-state index is -0.958. The second-order valence-electron chi connectivity index (χ2n) is 12.1. The van der Waals surface area contributed by atoms with Crippen LogP contribution in [0, 0.1) is 23.7 Å². The van der Waals surface area contributed by atoms with Gasteiger partial charge in [0.25, 0.3) is 0 Å². The molecule has 42 heavy (non-hydrogen) atoms. The van der Waals surface area contributed by atoms with Crippen molar-refractivity contribution in [1.82, 2.24) is 0 Å². The third kappa shape index (κ3) is 4.61. The molecule has 0 spiro atoms. The molecule has 2 N–H and O–H groups in total. The third-order valence-electron chi connectivity index (χ3n) is 9.76. The predicted molar refractivity (Wildman–Crippen MR) is 158 cm³/mol. The molecule has 0 unspecified atom stereocenters. The molecule has 0 atom stereocenters. The number of hydrogen-bond donors (Lipinski definition) is 2. The molecule has 4 aliphatic carbocycles. The molecule has 4 aromatic carbocycles. The summed E-state index contributed by atoms with van der Waals surface area (Å²) in [6.07, 6.45) is 6.42. The summed E-state index contributed by atoms with van der Waals surface area (Å²) in [5, 5.41) is 18.3. The zero-order chi connectivity index (χ0) is 28.8. The van der Waals surface area contributed by atoms with E-state index in [1.54, 1.807) is 48.5 Å². The molecule has 4 aliphatic rings. The van der Waals surface area contributed by atoms with Gasteiger partial charge in [0.15, 0.2) is 0 Å². The molecule has 8 rings (SSSR count). The molecule has 6 heteroatoms. The summed E-state index contributed by atoms with van der Waals surface area (Å²) in [4.78, 5) is 22.4. The third-order valence-corrected chi connectivity index (χ3v) is 9.76. The van der Waals surface area contributed by atoms with E-state index in [0.717, 1.165) is 23.3 Å². The summed E-state index contributed by atoms with van der Waals surface area (Å²) in [6.45, 7) is 0. The monoisotopic (exact) mass is 560 g/mol. The predicted octanol–water partition coefficient (Wildman–Crippen LogP) is 8.41. The van der Waals surface area contributed by atoms with Crippen molar-refractivity contribution in [2.45, 2.75) is 37.5 Å². The summed E-state index contributed by atoms with van der Waals surface area (Å²) in [7, 11) is 0. The van der Waals surface area contributed by atoms with Crippen molar-refractivity contribution in [2.75, 3.05) is 0 Å². The molecule has 212 valence electrons. The first-order valence-corrected chi connectivity index (χ1v) is 14.6. The fourth-order valence-electron chi connectivity index (χ4n) is 8.24. The van der Waals surface area contributed by atoms with E-state index in [1.165, 1.54) is 43.2 Å². The van der Waals surface area contributed by atoms with E-state index < -0.39 is 11.9 Å². The molecule has 0 amide bonds. The van der Waals surface area contributed by atoms with Crippen molar-refractivity contribution in [1.29, 1.82) is 0 Å². The van der Waals surface area contributed by atoms with Gasteiger partial charge in [-0.2, -0.15) is 0 Å². The topological polar surface area (TPSA) is 93.1 Å². The number of benzene rings is 4. The van der Waals surface area contributed by atoms with E-state index in [2.05, 4.69) is 24.3 Å². The average Bonchev–Trinajstić information content (AvgIpc) is 2.99. The number of ether oxygens (including phenoxy) is 2. The number of rotatable bonds is 8. The molecule has 0 aliphatic heterocycles. The molecule has 0 heterocycles. The summed E-state index contributed by atoms with van der Waals surface area (Å²) in [6, 6.07) is 29.9. The van der Waals surface area contributed by atoms with Crippen LogP contribution in [-0.2, 0) is 5.41 Å². The van der Waals surface area contributed by atoms with E-state index in [4.69, 9.17) is 19.7 Å². The maximum absolute atomic E-state index is 11.2. The summed E-state index contributed by atoms with van der Waals surface area (Å²) < 4.78 is 12.1. The van der Waals surface area contributed by atoms with Gasteiger partial charge in [-0.3, -0.25) is 0 Å². The Morgan fingerprint density at radius 3 is 1.12 bits per heavy atom. The minimum absolute atomic E-state index is 0.0727. The van der Waals surface area contributed by atoms with Crippen molar-refractivity contribution in [2.24, 2.45) is 23.7 Å². The van der Waals surface area contributed by atoms with Gasteiger partial charge >= 0.3 is 11.9 Å². The van der Waals surface area contributed by atoms with Crippen LogP contribution in [0.4, 0.5) is 0 Å². The maximum atomic E-state index is 11.2. The highest BCUT2D eigenvalue weighted by Gasteiger charge is 2.58. The molecule has 0 radical (unpaired) electrons. The van der Waals surface area contributed by atoms with Gasteiger partial charge in [0.05, 0.1) is 11.1 Å². The van der Waals surface area contributed by atoms with Gasteiger partial charge in [0.1, 0.15) is 23.0 Å². The molecule has 4 saturated carbocycles. The van der Waals surface area contributed by atoms with Gasteiger partial charge < -0.3 is 19.7 Å². The van der Waals surface area contributed by atoms with Crippen molar-refractivity contribution in [3.05, 3.63) is 119 Å². The minimum Gasteiger partial charge on any atom is -0.478 e. The first-order chi connectivity index (χ1) is 20.4. The van der Waals surface area contributed by atoms with E-state index in [0.29, 0.717) is 23.3 Å². The number of carboxylic acid groups (broad SMARTS) is 2. The van der Waals surface area contributed by atoms with Crippen LogP contribution in [0.5, 0.6) is 23.0 Å². The standard InChI is InChI=1S/C36H32O6/c37-34(38)24-1-9-30(10-2-24)41-32-13-5-26(6-14-32)36(28-18-22-17-23(20-28)21-29(36)19-22)27-7-15-33(16-8-27)42-31-11-3-25(4-12-31)35(39)40/h1-16,22-23,28-29H,17-21H2,(H,37,38)(H,39,40). The summed E-state index contributed by atoms with van der Waals surface area (Å²) in [5.41, 5.74) is 3.03. The average molecular weight is 561 g/mol. The number of carboxylic acids is 2. The van der Waals surface area contributed by atoms with Crippen molar-refractivity contribution < 1.29 is 29.3 Å². The summed E-state index contributed by atoms with van der Waals surface area (Å²) in [5.74, 6) is 3.55. The van der Waals surface area contributed by atoms with Crippen LogP contribution >= 0.6 is 0 Å². The Balaban J connectivity index is 1.18. The number of carbonyl (C=O) groups is 2. The fraction of sp³-hybridized carbons (Fsp3) is 0.278. The Bertz CT molecular complexity index is 1470. The highest BCUT2D eigenvalue weighted by molar-refractivity contribution is 5.88. The lowest BCUT2D eigenvalue weighted by Gasteiger charge is -2.62. The fourth-order valence-corrected chi connectivity index (χ4v) is 8.24. The van der Waals surface area contributed by atoms with Gasteiger partial charge in [-0.05, 0) is 140 Å². The lowest BCUT2D eigenvalue weighted by Crippen LogP contribution is -2.56. The Morgan fingerprint density at radius 1 is 0.500 bits per heavy atom. The van der Waals surface area contributed by atoms with Gasteiger partial charge in [0, 0.05) is 5.41 Å². The lowest BCUT2D eigenvalue weighted by atomic mass is 9.42.